The molecule has 4 nitrogen and oxygen atoms in total. The summed E-state index contributed by atoms with van der Waals surface area (Å²) in [5, 5.41) is 0. The van der Waals surface area contributed by atoms with Crippen LogP contribution < -0.4 is 4.74 Å². The van der Waals surface area contributed by atoms with E-state index in [-0.39, 0.29) is 18.4 Å². The number of ether oxygens (including phenoxy) is 2. The highest BCUT2D eigenvalue weighted by atomic mass is 16.5. The summed E-state index contributed by atoms with van der Waals surface area (Å²) in [5.74, 6) is -0.151. The molecule has 0 saturated heterocycles. The number of methoxy groups -OCH3 is 1. The van der Waals surface area contributed by atoms with E-state index in [1.165, 1.54) is 14.0 Å². The van der Waals surface area contributed by atoms with Crippen molar-refractivity contribution in [1.82, 2.24) is 0 Å². The van der Waals surface area contributed by atoms with Gasteiger partial charge in [-0.2, -0.15) is 0 Å². The first-order chi connectivity index (χ1) is 7.63. The van der Waals surface area contributed by atoms with Crippen molar-refractivity contribution in [3.8, 4) is 5.75 Å². The minimum atomic E-state index is -0.370. The first-order valence-corrected chi connectivity index (χ1v) is 4.96. The number of hydrogen-bond donors (Lipinski definition) is 0. The summed E-state index contributed by atoms with van der Waals surface area (Å²) < 4.78 is 9.57. The van der Waals surface area contributed by atoms with Gasteiger partial charge in [-0.1, -0.05) is 18.2 Å². The van der Waals surface area contributed by atoms with Gasteiger partial charge in [0.05, 0.1) is 7.11 Å². The molecule has 0 heterocycles. The topological polar surface area (TPSA) is 52.6 Å². The van der Waals surface area contributed by atoms with Gasteiger partial charge in [0.2, 0.25) is 0 Å². The van der Waals surface area contributed by atoms with Crippen LogP contribution in [0.15, 0.2) is 24.3 Å². The Morgan fingerprint density at radius 1 is 1.25 bits per heavy atom. The maximum atomic E-state index is 11.0. The molecule has 16 heavy (non-hydrogen) atoms. The molecule has 0 unspecified atom stereocenters. The third-order valence-electron chi connectivity index (χ3n) is 2.05. The fraction of sp³-hybridized carbons (Fsp3) is 0.333. The number of esters is 2. The lowest BCUT2D eigenvalue weighted by Crippen LogP contribution is -2.06. The molecule has 0 aliphatic rings. The summed E-state index contributed by atoms with van der Waals surface area (Å²) in [6, 6.07) is 7.13. The number of carbonyl (C=O) groups is 2. The summed E-state index contributed by atoms with van der Waals surface area (Å²) in [7, 11) is 1.35. The predicted molar refractivity (Wildman–Crippen MR) is 58.1 cm³/mol. The van der Waals surface area contributed by atoms with Gasteiger partial charge >= 0.3 is 11.9 Å². The Labute approximate surface area is 94.2 Å². The molecule has 0 aliphatic carbocycles. The fourth-order valence-electron chi connectivity index (χ4n) is 1.30. The maximum Gasteiger partial charge on any atom is 0.308 e. The van der Waals surface area contributed by atoms with Gasteiger partial charge in [-0.25, -0.2) is 0 Å². The summed E-state index contributed by atoms with van der Waals surface area (Å²) in [6.07, 6.45) is 0.769. The van der Waals surface area contributed by atoms with Crippen molar-refractivity contribution in [3.05, 3.63) is 29.8 Å². The predicted octanol–water partition coefficient (Wildman–Crippen LogP) is 1.72. The first-order valence-electron chi connectivity index (χ1n) is 4.96. The van der Waals surface area contributed by atoms with E-state index < -0.39 is 0 Å². The van der Waals surface area contributed by atoms with Crippen LogP contribution in [0.5, 0.6) is 5.75 Å². The number of benzene rings is 1. The van der Waals surface area contributed by atoms with Crippen LogP contribution in [-0.2, 0) is 20.7 Å². The largest absolute Gasteiger partial charge is 0.469 e. The lowest BCUT2D eigenvalue weighted by Gasteiger charge is -2.07. The molecular formula is C12H14O4. The van der Waals surface area contributed by atoms with E-state index in [1.807, 2.05) is 12.1 Å². The lowest BCUT2D eigenvalue weighted by atomic mass is 10.1. The SMILES string of the molecule is COC(=O)CCc1ccccc1OC(C)=O. The Morgan fingerprint density at radius 3 is 2.56 bits per heavy atom. The molecule has 0 amide bonds. The van der Waals surface area contributed by atoms with Crippen molar-refractivity contribution in [2.45, 2.75) is 19.8 Å². The highest BCUT2D eigenvalue weighted by Crippen LogP contribution is 2.19. The minimum Gasteiger partial charge on any atom is -0.469 e. The number of carbonyl (C=O) groups excluding carboxylic acids is 2. The van der Waals surface area contributed by atoms with Crippen LogP contribution >= 0.6 is 0 Å². The fourth-order valence-corrected chi connectivity index (χ4v) is 1.30. The minimum absolute atomic E-state index is 0.273. The molecule has 1 rings (SSSR count). The van der Waals surface area contributed by atoms with Crippen LogP contribution in [0, 0.1) is 0 Å². The van der Waals surface area contributed by atoms with E-state index in [4.69, 9.17) is 4.74 Å². The molecule has 0 radical (unpaired) electrons. The van der Waals surface area contributed by atoms with Crippen molar-refractivity contribution in [2.24, 2.45) is 0 Å². The van der Waals surface area contributed by atoms with Crippen LogP contribution in [-0.4, -0.2) is 19.0 Å². The van der Waals surface area contributed by atoms with Gasteiger partial charge in [-0.3, -0.25) is 9.59 Å². The Hall–Kier alpha value is -1.84. The van der Waals surface area contributed by atoms with Crippen molar-refractivity contribution in [2.75, 3.05) is 7.11 Å². The third-order valence-corrected chi connectivity index (χ3v) is 2.05. The Kier molecular flexibility index (Phi) is 4.51. The van der Waals surface area contributed by atoms with Gasteiger partial charge in [0.15, 0.2) is 0 Å². The summed E-state index contributed by atoms with van der Waals surface area (Å²) >= 11 is 0. The molecule has 0 aliphatic heterocycles. The van der Waals surface area contributed by atoms with E-state index in [0.29, 0.717) is 12.2 Å². The van der Waals surface area contributed by atoms with Crippen LogP contribution in [0.4, 0.5) is 0 Å². The number of aryl methyl sites for hydroxylation is 1. The van der Waals surface area contributed by atoms with Crippen molar-refractivity contribution in [3.63, 3.8) is 0 Å². The zero-order chi connectivity index (χ0) is 12.0. The second kappa shape index (κ2) is 5.90. The maximum absolute atomic E-state index is 11.0. The molecule has 1 aromatic carbocycles. The Balaban J connectivity index is 2.70. The molecule has 0 fully saturated rings. The third kappa shape index (κ3) is 3.73. The van der Waals surface area contributed by atoms with Gasteiger partial charge in [-0.05, 0) is 18.1 Å². The van der Waals surface area contributed by atoms with Gasteiger partial charge in [-0.15, -0.1) is 0 Å². The quantitative estimate of drug-likeness (QED) is 0.575. The van der Waals surface area contributed by atoms with Gasteiger partial charge < -0.3 is 9.47 Å². The van der Waals surface area contributed by atoms with E-state index >= 15 is 0 Å². The molecule has 0 aromatic heterocycles. The highest BCUT2D eigenvalue weighted by molar-refractivity contribution is 5.71. The zero-order valence-corrected chi connectivity index (χ0v) is 9.36. The zero-order valence-electron chi connectivity index (χ0n) is 9.36. The Bertz CT molecular complexity index is 384. The monoisotopic (exact) mass is 222 g/mol. The van der Waals surface area contributed by atoms with Crippen LogP contribution in [0.3, 0.4) is 0 Å². The smallest absolute Gasteiger partial charge is 0.308 e. The highest BCUT2D eigenvalue weighted by Gasteiger charge is 2.07. The molecule has 4 heteroatoms. The molecular weight excluding hydrogens is 208 g/mol. The second-order valence-electron chi connectivity index (χ2n) is 3.28. The Morgan fingerprint density at radius 2 is 1.94 bits per heavy atom. The van der Waals surface area contributed by atoms with Gasteiger partial charge in [0.1, 0.15) is 5.75 Å². The molecule has 0 bridgehead atoms. The van der Waals surface area contributed by atoms with E-state index in [9.17, 15) is 9.59 Å². The molecule has 0 spiro atoms. The summed E-state index contributed by atoms with van der Waals surface area (Å²) in [6.45, 7) is 1.34. The van der Waals surface area contributed by atoms with E-state index in [0.717, 1.165) is 5.56 Å². The van der Waals surface area contributed by atoms with Gasteiger partial charge in [0.25, 0.3) is 0 Å². The summed E-state index contributed by atoms with van der Waals surface area (Å²) in [4.78, 5) is 21.8. The van der Waals surface area contributed by atoms with E-state index in [1.54, 1.807) is 12.1 Å². The standard InChI is InChI=1S/C12H14O4/c1-9(13)16-11-6-4-3-5-10(11)7-8-12(14)15-2/h3-6H,7-8H2,1-2H3. The van der Waals surface area contributed by atoms with E-state index in [2.05, 4.69) is 4.74 Å². The molecule has 0 atom stereocenters. The molecule has 86 valence electrons. The molecule has 0 saturated carbocycles. The van der Waals surface area contributed by atoms with Crippen LogP contribution in [0.1, 0.15) is 18.9 Å². The normalized spacial score (nSPS) is 9.62. The van der Waals surface area contributed by atoms with Crippen molar-refractivity contribution < 1.29 is 19.1 Å². The first kappa shape index (κ1) is 12.2. The second-order valence-corrected chi connectivity index (χ2v) is 3.28. The van der Waals surface area contributed by atoms with Crippen LogP contribution in [0.25, 0.3) is 0 Å². The number of para-hydroxylation sites is 1. The van der Waals surface area contributed by atoms with Crippen molar-refractivity contribution in [1.29, 1.82) is 0 Å². The van der Waals surface area contributed by atoms with Crippen LogP contribution in [0.2, 0.25) is 0 Å². The lowest BCUT2D eigenvalue weighted by molar-refractivity contribution is -0.140. The molecule has 0 N–H and O–H groups in total. The van der Waals surface area contributed by atoms with Crippen molar-refractivity contribution >= 4 is 11.9 Å². The number of rotatable bonds is 4. The average Bonchev–Trinajstić information content (AvgIpc) is 2.26. The van der Waals surface area contributed by atoms with Gasteiger partial charge in [0, 0.05) is 13.3 Å². The molecule has 1 aromatic rings. The average molecular weight is 222 g/mol. The number of hydrogen-bond acceptors (Lipinski definition) is 4. The summed E-state index contributed by atoms with van der Waals surface area (Å²) in [5.41, 5.74) is 0.822.